The Labute approximate surface area is 66.9 Å². The van der Waals surface area contributed by atoms with Crippen LogP contribution in [0.3, 0.4) is 0 Å². The van der Waals surface area contributed by atoms with Gasteiger partial charge in [-0.15, -0.1) is 0 Å². The van der Waals surface area contributed by atoms with Crippen LogP contribution in [0.15, 0.2) is 0 Å². The molecule has 11 heavy (non-hydrogen) atoms. The van der Waals surface area contributed by atoms with Gasteiger partial charge in [0.15, 0.2) is 0 Å². The fraction of sp³-hybridized carbons (Fsp3) is 0.875. The maximum absolute atomic E-state index is 10.1. The van der Waals surface area contributed by atoms with E-state index in [0.29, 0.717) is 6.47 Å². The molecule has 0 amide bonds. The minimum atomic E-state index is -0.292. The van der Waals surface area contributed by atoms with E-state index in [-0.39, 0.29) is 11.6 Å². The topological polar surface area (TPSA) is 52.3 Å². The lowest BCUT2D eigenvalue weighted by molar-refractivity contribution is -0.145. The molecule has 1 saturated carbocycles. The number of hydrogen-bond acceptors (Lipinski definition) is 3. The lowest BCUT2D eigenvalue weighted by atomic mass is 9.83. The molecule has 0 aromatic rings. The van der Waals surface area contributed by atoms with Gasteiger partial charge < -0.3 is 10.5 Å². The first kappa shape index (κ1) is 8.53. The maximum Gasteiger partial charge on any atom is 0.293 e. The molecular formula is C8H15NO2. The number of nitrogens with two attached hydrogens (primary N) is 1. The van der Waals surface area contributed by atoms with E-state index in [4.69, 9.17) is 10.5 Å². The summed E-state index contributed by atoms with van der Waals surface area (Å²) in [5, 5.41) is 0. The summed E-state index contributed by atoms with van der Waals surface area (Å²) in [6.07, 6.45) is 3.86. The smallest absolute Gasteiger partial charge is 0.293 e. The van der Waals surface area contributed by atoms with Gasteiger partial charge in [-0.2, -0.15) is 0 Å². The zero-order valence-corrected chi connectivity index (χ0v) is 6.88. The molecule has 0 radical (unpaired) electrons. The van der Waals surface area contributed by atoms with Gasteiger partial charge in [0.2, 0.25) is 0 Å². The summed E-state index contributed by atoms with van der Waals surface area (Å²) in [7, 11) is 0. The minimum Gasteiger partial charge on any atom is -0.462 e. The van der Waals surface area contributed by atoms with Crippen LogP contribution in [0.25, 0.3) is 0 Å². The van der Waals surface area contributed by atoms with Gasteiger partial charge in [-0.25, -0.2) is 0 Å². The van der Waals surface area contributed by atoms with Gasteiger partial charge in [0.25, 0.3) is 6.47 Å². The van der Waals surface area contributed by atoms with Crippen molar-refractivity contribution in [2.45, 2.75) is 44.2 Å². The Balaban J connectivity index is 2.47. The summed E-state index contributed by atoms with van der Waals surface area (Å²) in [5.74, 6) is 0. The first-order chi connectivity index (χ1) is 5.16. The van der Waals surface area contributed by atoms with E-state index in [1.807, 2.05) is 6.92 Å². The van der Waals surface area contributed by atoms with Crippen LogP contribution >= 0.6 is 0 Å². The largest absolute Gasteiger partial charge is 0.462 e. The van der Waals surface area contributed by atoms with E-state index in [1.165, 1.54) is 0 Å². The molecule has 2 N–H and O–H groups in total. The third-order valence-electron chi connectivity index (χ3n) is 2.31. The summed E-state index contributed by atoms with van der Waals surface area (Å²) in [4.78, 5) is 10.1. The number of carbonyl (C=O) groups excluding carboxylic acids is 1. The molecule has 1 rings (SSSR count). The van der Waals surface area contributed by atoms with Gasteiger partial charge in [0, 0.05) is 12.5 Å². The normalized spacial score (nSPS) is 38.2. The van der Waals surface area contributed by atoms with Crippen molar-refractivity contribution in [1.29, 1.82) is 0 Å². The number of hydrogen-bond donors (Lipinski definition) is 1. The van der Waals surface area contributed by atoms with Crippen molar-refractivity contribution in [3.05, 3.63) is 0 Å². The quantitative estimate of drug-likeness (QED) is 0.604. The van der Waals surface area contributed by atoms with E-state index >= 15 is 0 Å². The van der Waals surface area contributed by atoms with E-state index in [9.17, 15) is 4.79 Å². The molecule has 1 aliphatic carbocycles. The Kier molecular flexibility index (Phi) is 2.49. The molecular weight excluding hydrogens is 142 g/mol. The van der Waals surface area contributed by atoms with Crippen LogP contribution in [0.5, 0.6) is 0 Å². The molecule has 0 heterocycles. The Morgan fingerprint density at radius 1 is 1.73 bits per heavy atom. The summed E-state index contributed by atoms with van der Waals surface area (Å²) in [5.41, 5.74) is 5.45. The Bertz CT molecular complexity index is 149. The molecule has 0 aliphatic heterocycles. The zero-order chi connectivity index (χ0) is 8.32. The second kappa shape index (κ2) is 3.22. The van der Waals surface area contributed by atoms with E-state index in [1.54, 1.807) is 0 Å². The molecule has 0 spiro atoms. The summed E-state index contributed by atoms with van der Waals surface area (Å²) in [6, 6.07) is 0.202. The molecule has 2 atom stereocenters. The molecule has 1 fully saturated rings. The average molecular weight is 157 g/mol. The van der Waals surface area contributed by atoms with Crippen molar-refractivity contribution in [3.8, 4) is 0 Å². The zero-order valence-electron chi connectivity index (χ0n) is 6.88. The number of carbonyl (C=O) groups is 1. The van der Waals surface area contributed by atoms with Gasteiger partial charge in [-0.05, 0) is 26.2 Å². The monoisotopic (exact) mass is 157 g/mol. The van der Waals surface area contributed by atoms with Gasteiger partial charge >= 0.3 is 0 Å². The van der Waals surface area contributed by atoms with Crippen LogP contribution in [0.4, 0.5) is 0 Å². The maximum atomic E-state index is 10.1. The van der Waals surface area contributed by atoms with Gasteiger partial charge in [-0.1, -0.05) is 0 Å². The molecule has 3 heteroatoms. The molecule has 0 bridgehead atoms. The van der Waals surface area contributed by atoms with E-state index in [2.05, 4.69) is 0 Å². The highest BCUT2D eigenvalue weighted by Gasteiger charge is 2.31. The molecule has 0 aromatic heterocycles. The molecule has 0 saturated heterocycles. The molecule has 1 aliphatic rings. The SMILES string of the molecule is CC1(OC=O)CCCC(N)C1. The van der Waals surface area contributed by atoms with Crippen molar-refractivity contribution in [2.75, 3.05) is 0 Å². The summed E-state index contributed by atoms with van der Waals surface area (Å²) >= 11 is 0. The second-order valence-electron chi connectivity index (χ2n) is 3.52. The molecule has 64 valence electrons. The lowest BCUT2D eigenvalue weighted by Crippen LogP contribution is -2.40. The predicted octanol–water partition coefficient (Wildman–Crippen LogP) is 0.819. The van der Waals surface area contributed by atoms with Gasteiger partial charge in [0.05, 0.1) is 0 Å². The van der Waals surface area contributed by atoms with Crippen LogP contribution in [0, 0.1) is 0 Å². The minimum absolute atomic E-state index is 0.202. The second-order valence-corrected chi connectivity index (χ2v) is 3.52. The predicted molar refractivity (Wildman–Crippen MR) is 42.0 cm³/mol. The number of rotatable bonds is 2. The standard InChI is InChI=1S/C8H15NO2/c1-8(11-6-10)4-2-3-7(9)5-8/h6-7H,2-5,9H2,1H3. The van der Waals surface area contributed by atoms with Crippen molar-refractivity contribution >= 4 is 6.47 Å². The van der Waals surface area contributed by atoms with E-state index in [0.717, 1.165) is 25.7 Å². The Morgan fingerprint density at radius 2 is 2.45 bits per heavy atom. The van der Waals surface area contributed by atoms with E-state index < -0.39 is 0 Å². The highest BCUT2D eigenvalue weighted by molar-refractivity contribution is 5.38. The van der Waals surface area contributed by atoms with Gasteiger partial charge in [-0.3, -0.25) is 4.79 Å². The van der Waals surface area contributed by atoms with Crippen molar-refractivity contribution < 1.29 is 9.53 Å². The van der Waals surface area contributed by atoms with Crippen LogP contribution < -0.4 is 5.73 Å². The Morgan fingerprint density at radius 3 is 3.00 bits per heavy atom. The third kappa shape index (κ3) is 2.19. The average Bonchev–Trinajstić information content (AvgIpc) is 1.86. The summed E-state index contributed by atoms with van der Waals surface area (Å²) in [6.45, 7) is 2.47. The lowest BCUT2D eigenvalue weighted by Gasteiger charge is -2.34. The highest BCUT2D eigenvalue weighted by atomic mass is 16.5. The van der Waals surface area contributed by atoms with Crippen molar-refractivity contribution in [1.82, 2.24) is 0 Å². The first-order valence-electron chi connectivity index (χ1n) is 4.03. The third-order valence-corrected chi connectivity index (χ3v) is 2.31. The first-order valence-corrected chi connectivity index (χ1v) is 4.03. The number of ether oxygens (including phenoxy) is 1. The van der Waals surface area contributed by atoms with Crippen LogP contribution in [0.1, 0.15) is 32.6 Å². The van der Waals surface area contributed by atoms with Crippen LogP contribution in [0.2, 0.25) is 0 Å². The fourth-order valence-electron chi connectivity index (χ4n) is 1.72. The molecule has 3 nitrogen and oxygen atoms in total. The van der Waals surface area contributed by atoms with Gasteiger partial charge in [0.1, 0.15) is 5.60 Å². The summed E-state index contributed by atoms with van der Waals surface area (Å²) < 4.78 is 4.98. The molecule has 2 unspecified atom stereocenters. The van der Waals surface area contributed by atoms with Crippen molar-refractivity contribution in [3.63, 3.8) is 0 Å². The fourth-order valence-corrected chi connectivity index (χ4v) is 1.72. The molecule has 0 aromatic carbocycles. The van der Waals surface area contributed by atoms with Crippen LogP contribution in [-0.4, -0.2) is 18.1 Å². The van der Waals surface area contributed by atoms with Crippen LogP contribution in [-0.2, 0) is 9.53 Å². The Hall–Kier alpha value is -0.570. The highest BCUT2D eigenvalue weighted by Crippen LogP contribution is 2.29. The van der Waals surface area contributed by atoms with Crippen molar-refractivity contribution in [2.24, 2.45) is 5.73 Å².